The number of nitrogens with one attached hydrogen (secondary N) is 1. The number of methoxy groups -OCH3 is 1. The Bertz CT molecular complexity index is 575. The number of hydrogen-bond donors (Lipinski definition) is 2. The van der Waals surface area contributed by atoms with E-state index < -0.39 is 17.4 Å². The molecule has 1 saturated carbocycles. The maximum atomic E-state index is 12.3. The maximum Gasteiger partial charge on any atom is 0.316 e. The van der Waals surface area contributed by atoms with E-state index in [1.165, 1.54) is 0 Å². The van der Waals surface area contributed by atoms with Crippen molar-refractivity contribution < 1.29 is 19.4 Å². The van der Waals surface area contributed by atoms with Crippen molar-refractivity contribution in [2.24, 2.45) is 5.92 Å². The Kier molecular flexibility index (Phi) is 3.81. The number of rotatable bonds is 3. The van der Waals surface area contributed by atoms with E-state index in [1.54, 1.807) is 7.11 Å². The summed E-state index contributed by atoms with van der Waals surface area (Å²) in [7, 11) is 1.60. The molecule has 2 aliphatic rings. The number of carbonyl (C=O) groups excluding carboxylic acids is 1. The molecule has 0 aromatic heterocycles. The van der Waals surface area contributed by atoms with Gasteiger partial charge in [-0.05, 0) is 30.5 Å². The Morgan fingerprint density at radius 3 is 2.41 bits per heavy atom. The van der Waals surface area contributed by atoms with Crippen LogP contribution in [0.2, 0.25) is 0 Å². The van der Waals surface area contributed by atoms with Crippen molar-refractivity contribution in [1.29, 1.82) is 0 Å². The van der Waals surface area contributed by atoms with Gasteiger partial charge in [0.1, 0.15) is 11.7 Å². The quantitative estimate of drug-likeness (QED) is 0.840. The molecule has 1 heterocycles. The third-order valence-electron chi connectivity index (χ3n) is 5.07. The van der Waals surface area contributed by atoms with Crippen LogP contribution in [0.25, 0.3) is 0 Å². The minimum absolute atomic E-state index is 0.316. The van der Waals surface area contributed by atoms with Crippen LogP contribution in [-0.2, 0) is 9.59 Å². The lowest BCUT2D eigenvalue weighted by atomic mass is 9.68. The maximum absolute atomic E-state index is 12.3. The Labute approximate surface area is 129 Å². The average molecular weight is 303 g/mol. The second kappa shape index (κ2) is 5.63. The lowest BCUT2D eigenvalue weighted by Crippen LogP contribution is -2.46. The van der Waals surface area contributed by atoms with Gasteiger partial charge >= 0.3 is 5.97 Å². The number of carboxylic acid groups (broad SMARTS) is 1. The fourth-order valence-corrected chi connectivity index (χ4v) is 4.07. The van der Waals surface area contributed by atoms with Crippen LogP contribution >= 0.6 is 0 Å². The molecule has 1 aliphatic carbocycles. The summed E-state index contributed by atoms with van der Waals surface area (Å²) in [5, 5.41) is 12.6. The third-order valence-corrected chi connectivity index (χ3v) is 5.07. The van der Waals surface area contributed by atoms with Crippen LogP contribution in [0.5, 0.6) is 5.75 Å². The number of hydrogen-bond acceptors (Lipinski definition) is 3. The smallest absolute Gasteiger partial charge is 0.316 e. The average Bonchev–Trinajstić information content (AvgIpc) is 2.80. The summed E-state index contributed by atoms with van der Waals surface area (Å²) in [5.41, 5.74) is 0.487. The highest BCUT2D eigenvalue weighted by Gasteiger charge is 2.56. The van der Waals surface area contributed by atoms with Crippen molar-refractivity contribution in [3.05, 3.63) is 29.8 Å². The van der Waals surface area contributed by atoms with Crippen LogP contribution in [0.15, 0.2) is 24.3 Å². The van der Waals surface area contributed by atoms with E-state index in [-0.39, 0.29) is 11.8 Å². The van der Waals surface area contributed by atoms with Crippen LogP contribution in [0.4, 0.5) is 0 Å². The standard InChI is InChI=1S/C17H21NO4/c1-22-12-7-5-11(6-8-12)14-13(16(20)21)15(19)18-17(14)9-3-2-4-10-17/h5-8,13-14H,2-4,9-10H2,1H3,(H,18,19)(H,20,21). The number of carboxylic acids is 1. The van der Waals surface area contributed by atoms with Gasteiger partial charge in [0, 0.05) is 11.5 Å². The minimum atomic E-state index is -1.04. The lowest BCUT2D eigenvalue weighted by Gasteiger charge is -2.39. The summed E-state index contributed by atoms with van der Waals surface area (Å²) in [6.07, 6.45) is 4.89. The molecule has 2 unspecified atom stereocenters. The highest BCUT2D eigenvalue weighted by Crippen LogP contribution is 2.48. The van der Waals surface area contributed by atoms with E-state index in [0.29, 0.717) is 0 Å². The molecule has 0 radical (unpaired) electrons. The normalized spacial score (nSPS) is 26.7. The van der Waals surface area contributed by atoms with E-state index >= 15 is 0 Å². The summed E-state index contributed by atoms with van der Waals surface area (Å²) in [6.45, 7) is 0. The van der Waals surface area contributed by atoms with Gasteiger partial charge in [-0.25, -0.2) is 0 Å². The molecule has 1 saturated heterocycles. The molecule has 2 N–H and O–H groups in total. The van der Waals surface area contributed by atoms with Gasteiger partial charge in [0.15, 0.2) is 0 Å². The zero-order chi connectivity index (χ0) is 15.7. The van der Waals surface area contributed by atoms with Crippen molar-refractivity contribution in [2.45, 2.75) is 43.6 Å². The summed E-state index contributed by atoms with van der Waals surface area (Å²) in [5.74, 6) is -1.99. The molecule has 3 rings (SSSR count). The number of aliphatic carboxylic acids is 1. The Morgan fingerprint density at radius 1 is 1.23 bits per heavy atom. The second-order valence-corrected chi connectivity index (χ2v) is 6.27. The molecular weight excluding hydrogens is 282 g/mol. The summed E-state index contributed by atoms with van der Waals surface area (Å²) < 4.78 is 5.17. The van der Waals surface area contributed by atoms with Gasteiger partial charge < -0.3 is 15.2 Å². The summed E-state index contributed by atoms with van der Waals surface area (Å²) >= 11 is 0. The molecule has 2 fully saturated rings. The first-order valence-corrected chi connectivity index (χ1v) is 7.76. The zero-order valence-corrected chi connectivity index (χ0v) is 12.7. The second-order valence-electron chi connectivity index (χ2n) is 6.27. The van der Waals surface area contributed by atoms with E-state index in [9.17, 15) is 14.7 Å². The van der Waals surface area contributed by atoms with Crippen LogP contribution in [-0.4, -0.2) is 29.6 Å². The number of amides is 1. The monoisotopic (exact) mass is 303 g/mol. The van der Waals surface area contributed by atoms with Crippen molar-refractivity contribution in [1.82, 2.24) is 5.32 Å². The predicted octanol–water partition coefficient (Wildman–Crippen LogP) is 2.31. The van der Waals surface area contributed by atoms with Crippen molar-refractivity contribution >= 4 is 11.9 Å². The number of benzene rings is 1. The predicted molar refractivity (Wildman–Crippen MR) is 80.8 cm³/mol. The summed E-state index contributed by atoms with van der Waals surface area (Å²) in [6, 6.07) is 7.42. The number of ether oxygens (including phenoxy) is 1. The van der Waals surface area contributed by atoms with Crippen molar-refractivity contribution in [3.8, 4) is 5.75 Å². The molecule has 118 valence electrons. The highest BCUT2D eigenvalue weighted by atomic mass is 16.5. The first-order chi connectivity index (χ1) is 10.6. The molecule has 22 heavy (non-hydrogen) atoms. The van der Waals surface area contributed by atoms with Gasteiger partial charge in [0.05, 0.1) is 7.11 Å². The zero-order valence-electron chi connectivity index (χ0n) is 12.7. The van der Waals surface area contributed by atoms with Gasteiger partial charge in [-0.3, -0.25) is 9.59 Å². The lowest BCUT2D eigenvalue weighted by molar-refractivity contribution is -0.145. The van der Waals surface area contributed by atoms with Crippen LogP contribution in [0, 0.1) is 5.92 Å². The summed E-state index contributed by atoms with van der Waals surface area (Å²) in [4.78, 5) is 23.9. The van der Waals surface area contributed by atoms with E-state index in [2.05, 4.69) is 5.32 Å². The molecular formula is C17H21NO4. The third kappa shape index (κ3) is 2.34. The van der Waals surface area contributed by atoms with Crippen LogP contribution in [0.3, 0.4) is 0 Å². The van der Waals surface area contributed by atoms with Gasteiger partial charge in [-0.15, -0.1) is 0 Å². The topological polar surface area (TPSA) is 75.6 Å². The Morgan fingerprint density at radius 2 is 1.86 bits per heavy atom. The number of carbonyl (C=O) groups is 2. The van der Waals surface area contributed by atoms with Gasteiger partial charge in [0.25, 0.3) is 0 Å². The SMILES string of the molecule is COc1ccc(C2C(C(=O)O)C(=O)NC23CCCCC3)cc1. The molecule has 5 nitrogen and oxygen atoms in total. The van der Waals surface area contributed by atoms with Crippen LogP contribution < -0.4 is 10.1 Å². The molecule has 1 amide bonds. The fourth-order valence-electron chi connectivity index (χ4n) is 4.07. The van der Waals surface area contributed by atoms with Gasteiger partial charge in [-0.1, -0.05) is 31.4 Å². The molecule has 1 aromatic rings. The van der Waals surface area contributed by atoms with E-state index in [0.717, 1.165) is 43.4 Å². The molecule has 1 spiro atoms. The Balaban J connectivity index is 2.03. The van der Waals surface area contributed by atoms with Crippen LogP contribution in [0.1, 0.15) is 43.6 Å². The van der Waals surface area contributed by atoms with Crippen molar-refractivity contribution in [2.75, 3.05) is 7.11 Å². The first-order valence-electron chi connectivity index (χ1n) is 7.76. The Hall–Kier alpha value is -2.04. The molecule has 0 bridgehead atoms. The minimum Gasteiger partial charge on any atom is -0.497 e. The van der Waals surface area contributed by atoms with E-state index in [4.69, 9.17) is 4.74 Å². The van der Waals surface area contributed by atoms with E-state index in [1.807, 2.05) is 24.3 Å². The molecule has 5 heteroatoms. The molecule has 2 atom stereocenters. The molecule has 1 aromatic carbocycles. The first kappa shape index (κ1) is 14.9. The van der Waals surface area contributed by atoms with Gasteiger partial charge in [0.2, 0.25) is 5.91 Å². The largest absolute Gasteiger partial charge is 0.497 e. The van der Waals surface area contributed by atoms with Gasteiger partial charge in [-0.2, -0.15) is 0 Å². The fraction of sp³-hybridized carbons (Fsp3) is 0.529. The molecule has 1 aliphatic heterocycles. The highest BCUT2D eigenvalue weighted by molar-refractivity contribution is 6.01. The van der Waals surface area contributed by atoms with Crippen molar-refractivity contribution in [3.63, 3.8) is 0 Å².